The summed E-state index contributed by atoms with van der Waals surface area (Å²) in [6.45, 7) is 0.936. The van der Waals surface area contributed by atoms with Gasteiger partial charge in [-0.25, -0.2) is 0 Å². The number of pyridine rings is 1. The van der Waals surface area contributed by atoms with Crippen LogP contribution in [0.5, 0.6) is 0 Å². The zero-order chi connectivity index (χ0) is 16.6. The number of anilines is 1. The number of oxime groups is 1. The minimum atomic E-state index is 0.684. The summed E-state index contributed by atoms with van der Waals surface area (Å²) in [6.07, 6.45) is 4.41. The van der Waals surface area contributed by atoms with Crippen molar-refractivity contribution in [2.45, 2.75) is 19.3 Å². The molecule has 0 radical (unpaired) electrons. The monoisotopic (exact) mass is 319 g/mol. The Balaban J connectivity index is 1.49. The summed E-state index contributed by atoms with van der Waals surface area (Å²) in [7, 11) is 0. The van der Waals surface area contributed by atoms with Crippen LogP contribution in [0.1, 0.15) is 24.2 Å². The maximum atomic E-state index is 8.56. The molecule has 2 aromatic carbocycles. The Bertz CT molecular complexity index is 824. The van der Waals surface area contributed by atoms with Crippen LogP contribution in [0, 0.1) is 0 Å². The van der Waals surface area contributed by atoms with E-state index in [0.717, 1.165) is 31.5 Å². The molecule has 2 N–H and O–H groups in total. The van der Waals surface area contributed by atoms with Gasteiger partial charge in [-0.15, -0.1) is 0 Å². The predicted octanol–water partition coefficient (Wildman–Crippen LogP) is 4.48. The molecular weight excluding hydrogens is 298 g/mol. The molecule has 4 heteroatoms. The second-order valence-electron chi connectivity index (χ2n) is 5.71. The van der Waals surface area contributed by atoms with Gasteiger partial charge < -0.3 is 10.5 Å². The summed E-state index contributed by atoms with van der Waals surface area (Å²) in [5.41, 5.74) is 2.90. The van der Waals surface area contributed by atoms with Crippen molar-refractivity contribution in [2.24, 2.45) is 5.16 Å². The van der Waals surface area contributed by atoms with E-state index >= 15 is 0 Å². The molecule has 0 aliphatic carbocycles. The number of unbranched alkanes of at least 4 members (excludes halogenated alkanes) is 1. The molecule has 0 aliphatic rings. The number of nitrogens with one attached hydrogen (secondary N) is 1. The highest BCUT2D eigenvalue weighted by molar-refractivity contribution is 5.93. The summed E-state index contributed by atoms with van der Waals surface area (Å²) in [5.74, 6) is 0. The zero-order valence-electron chi connectivity index (χ0n) is 13.5. The first-order valence-corrected chi connectivity index (χ1v) is 8.22. The molecule has 4 nitrogen and oxygen atoms in total. The van der Waals surface area contributed by atoms with Crippen LogP contribution in [0.15, 0.2) is 65.8 Å². The van der Waals surface area contributed by atoms with E-state index in [0.29, 0.717) is 5.69 Å². The lowest BCUT2D eigenvalue weighted by Gasteiger charge is -2.09. The van der Waals surface area contributed by atoms with Gasteiger partial charge in [-0.1, -0.05) is 47.6 Å². The number of hydrogen-bond donors (Lipinski definition) is 2. The molecule has 0 unspecified atom stereocenters. The fourth-order valence-electron chi connectivity index (χ4n) is 2.80. The van der Waals surface area contributed by atoms with Gasteiger partial charge in [0.05, 0.1) is 11.9 Å². The molecule has 0 saturated carbocycles. The van der Waals surface area contributed by atoms with Crippen molar-refractivity contribution < 1.29 is 5.21 Å². The van der Waals surface area contributed by atoms with Crippen molar-refractivity contribution in [2.75, 3.05) is 11.9 Å². The van der Waals surface area contributed by atoms with Gasteiger partial charge in [0.25, 0.3) is 0 Å². The number of nitrogens with zero attached hydrogens (tertiary/aromatic N) is 2. The van der Waals surface area contributed by atoms with E-state index in [2.05, 4.69) is 57.9 Å². The largest absolute Gasteiger partial charge is 0.411 e. The molecule has 0 fully saturated rings. The lowest BCUT2D eigenvalue weighted by Crippen LogP contribution is -2.03. The Kier molecular flexibility index (Phi) is 5.40. The first kappa shape index (κ1) is 16.0. The van der Waals surface area contributed by atoms with Crippen LogP contribution in [0.4, 0.5) is 5.69 Å². The highest BCUT2D eigenvalue weighted by atomic mass is 16.4. The fourth-order valence-corrected chi connectivity index (χ4v) is 2.80. The molecular formula is C20H21N3O. The van der Waals surface area contributed by atoms with Crippen LogP contribution in [0.25, 0.3) is 10.8 Å². The van der Waals surface area contributed by atoms with Crippen LogP contribution in [0.3, 0.4) is 0 Å². The lowest BCUT2D eigenvalue weighted by molar-refractivity contribution is 0.321. The maximum absolute atomic E-state index is 8.56. The van der Waals surface area contributed by atoms with E-state index in [1.807, 2.05) is 18.2 Å². The lowest BCUT2D eigenvalue weighted by atomic mass is 10.1. The molecule has 1 aromatic heterocycles. The minimum absolute atomic E-state index is 0.684. The number of fused-ring (bicyclic) bond motifs is 1. The van der Waals surface area contributed by atoms with Crippen molar-refractivity contribution in [3.8, 4) is 0 Å². The van der Waals surface area contributed by atoms with Gasteiger partial charge in [0.1, 0.15) is 0 Å². The Morgan fingerprint density at radius 3 is 2.71 bits per heavy atom. The summed E-state index contributed by atoms with van der Waals surface area (Å²) in [4.78, 5) is 4.43. The van der Waals surface area contributed by atoms with Crippen molar-refractivity contribution >= 4 is 22.7 Å². The molecule has 0 saturated heterocycles. The van der Waals surface area contributed by atoms with Crippen LogP contribution in [-0.2, 0) is 6.42 Å². The molecule has 3 rings (SSSR count). The standard InChI is InChI=1S/C20H21N3O/c24-22-15-18-11-6-10-17(23-18)9-3-4-14-21-20-13-5-8-16-7-1-2-12-19(16)20/h1-2,5-8,10-13,15,21,24H,3-4,9,14H2. The van der Waals surface area contributed by atoms with Gasteiger partial charge >= 0.3 is 0 Å². The van der Waals surface area contributed by atoms with Crippen LogP contribution in [0.2, 0.25) is 0 Å². The number of benzene rings is 2. The number of aryl methyl sites for hydroxylation is 1. The van der Waals surface area contributed by atoms with E-state index in [1.165, 1.54) is 22.7 Å². The van der Waals surface area contributed by atoms with Crippen LogP contribution >= 0.6 is 0 Å². The van der Waals surface area contributed by atoms with Gasteiger partial charge in [0, 0.05) is 23.3 Å². The molecule has 1 heterocycles. The normalized spacial score (nSPS) is 11.2. The molecule has 0 spiro atoms. The molecule has 0 bridgehead atoms. The fraction of sp³-hybridized carbons (Fsp3) is 0.200. The first-order chi connectivity index (χ1) is 11.9. The quantitative estimate of drug-likeness (QED) is 0.292. The Morgan fingerprint density at radius 2 is 1.79 bits per heavy atom. The second kappa shape index (κ2) is 8.11. The average Bonchev–Trinajstić information content (AvgIpc) is 2.62. The first-order valence-electron chi connectivity index (χ1n) is 8.22. The predicted molar refractivity (Wildman–Crippen MR) is 99.0 cm³/mol. The summed E-state index contributed by atoms with van der Waals surface area (Å²) in [5, 5.41) is 17.6. The molecule has 0 aliphatic heterocycles. The van der Waals surface area contributed by atoms with Gasteiger partial charge in [0.2, 0.25) is 0 Å². The van der Waals surface area contributed by atoms with Gasteiger partial charge in [-0.3, -0.25) is 4.98 Å². The number of hydrogen-bond acceptors (Lipinski definition) is 4. The van der Waals surface area contributed by atoms with Gasteiger partial charge in [-0.05, 0) is 42.8 Å². The SMILES string of the molecule is ON=Cc1cccc(CCCCNc2cccc3ccccc23)n1. The van der Waals surface area contributed by atoms with E-state index < -0.39 is 0 Å². The minimum Gasteiger partial charge on any atom is -0.411 e. The smallest absolute Gasteiger partial charge is 0.0918 e. The van der Waals surface area contributed by atoms with Crippen molar-refractivity contribution in [3.63, 3.8) is 0 Å². The molecule has 122 valence electrons. The zero-order valence-corrected chi connectivity index (χ0v) is 13.5. The van der Waals surface area contributed by atoms with Crippen molar-refractivity contribution in [1.29, 1.82) is 0 Å². The van der Waals surface area contributed by atoms with Crippen LogP contribution in [-0.4, -0.2) is 23.0 Å². The maximum Gasteiger partial charge on any atom is 0.0918 e. The van der Waals surface area contributed by atoms with E-state index in [9.17, 15) is 0 Å². The average molecular weight is 319 g/mol. The summed E-state index contributed by atoms with van der Waals surface area (Å²) in [6, 6.07) is 20.5. The Morgan fingerprint density at radius 1 is 0.958 bits per heavy atom. The van der Waals surface area contributed by atoms with Gasteiger partial charge in [-0.2, -0.15) is 0 Å². The van der Waals surface area contributed by atoms with E-state index in [1.54, 1.807) is 0 Å². The van der Waals surface area contributed by atoms with E-state index in [-0.39, 0.29) is 0 Å². The topological polar surface area (TPSA) is 57.5 Å². The third kappa shape index (κ3) is 4.10. The second-order valence-corrected chi connectivity index (χ2v) is 5.71. The Labute approximate surface area is 141 Å². The van der Waals surface area contributed by atoms with Crippen molar-refractivity contribution in [3.05, 3.63) is 72.1 Å². The molecule has 24 heavy (non-hydrogen) atoms. The molecule has 0 atom stereocenters. The highest BCUT2D eigenvalue weighted by Crippen LogP contribution is 2.22. The van der Waals surface area contributed by atoms with Crippen LogP contribution < -0.4 is 5.32 Å². The van der Waals surface area contributed by atoms with E-state index in [4.69, 9.17) is 5.21 Å². The van der Waals surface area contributed by atoms with Crippen molar-refractivity contribution in [1.82, 2.24) is 4.98 Å². The molecule has 3 aromatic rings. The summed E-state index contributed by atoms with van der Waals surface area (Å²) >= 11 is 0. The molecule has 0 amide bonds. The third-order valence-corrected chi connectivity index (χ3v) is 3.98. The number of rotatable bonds is 7. The Hall–Kier alpha value is -2.88. The highest BCUT2D eigenvalue weighted by Gasteiger charge is 2.00. The third-order valence-electron chi connectivity index (χ3n) is 3.98. The van der Waals surface area contributed by atoms with Gasteiger partial charge in [0.15, 0.2) is 0 Å². The summed E-state index contributed by atoms with van der Waals surface area (Å²) < 4.78 is 0. The number of aromatic nitrogens is 1.